The van der Waals surface area contributed by atoms with Crippen molar-refractivity contribution in [1.29, 1.82) is 0 Å². The first kappa shape index (κ1) is 27.7. The highest BCUT2D eigenvalue weighted by molar-refractivity contribution is 8.07. The second-order valence-electron chi connectivity index (χ2n) is 9.11. The number of imidazole rings is 1. The zero-order chi connectivity index (χ0) is 28.7. The molecule has 2 fully saturated rings. The van der Waals surface area contributed by atoms with E-state index in [4.69, 9.17) is 46.5 Å². The first-order valence-corrected chi connectivity index (χ1v) is 15.2. The lowest BCUT2D eigenvalue weighted by Gasteiger charge is -2.33. The number of nitro groups is 1. The molecule has 0 spiro atoms. The molecule has 2 aromatic heterocycles. The molecule has 214 valence electrons. The fourth-order valence-corrected chi connectivity index (χ4v) is 6.90. The normalized spacial score (nSPS) is 25.6. The SMILES string of the molecule is O=c1nc(OCCc2ccc([N+](=O)[O-])cc2)c2ncn([C@@H]3O[C@@H]4COP(=S)(Oc5ccccc5Cl)OC4C3O)c2[nH]1. The minimum absolute atomic E-state index is 0.00165. The number of aromatic nitrogens is 4. The summed E-state index contributed by atoms with van der Waals surface area (Å²) in [4.78, 5) is 33.6. The number of aliphatic hydroxyl groups is 1. The van der Waals surface area contributed by atoms with Gasteiger partial charge in [0, 0.05) is 30.4 Å². The minimum Gasteiger partial charge on any atom is -0.476 e. The van der Waals surface area contributed by atoms with Crippen molar-refractivity contribution in [1.82, 2.24) is 19.5 Å². The predicted octanol–water partition coefficient (Wildman–Crippen LogP) is 3.28. The van der Waals surface area contributed by atoms with Crippen LogP contribution in [0, 0.1) is 10.1 Å². The van der Waals surface area contributed by atoms with Gasteiger partial charge in [0.1, 0.15) is 29.7 Å². The number of benzene rings is 2. The van der Waals surface area contributed by atoms with Gasteiger partial charge in [-0.25, -0.2) is 9.78 Å². The quantitative estimate of drug-likeness (QED) is 0.167. The minimum atomic E-state index is -3.32. The molecule has 2 aromatic carbocycles. The maximum atomic E-state index is 12.4. The summed E-state index contributed by atoms with van der Waals surface area (Å²) in [7, 11) is 0. The number of nitrogens with one attached hydrogen (secondary N) is 1. The third-order valence-corrected chi connectivity index (χ3v) is 8.98. The van der Waals surface area contributed by atoms with Gasteiger partial charge < -0.3 is 19.1 Å². The van der Waals surface area contributed by atoms with Crippen molar-refractivity contribution >= 4 is 47.0 Å². The molecule has 0 saturated carbocycles. The first-order chi connectivity index (χ1) is 19.7. The molecule has 0 radical (unpaired) electrons. The number of para-hydroxylation sites is 1. The molecule has 41 heavy (non-hydrogen) atoms. The van der Waals surface area contributed by atoms with Crippen LogP contribution >= 0.6 is 18.3 Å². The number of hydrogen-bond donors (Lipinski definition) is 2. The molecule has 0 amide bonds. The fraction of sp³-hybridized carbons (Fsp3) is 0.292. The summed E-state index contributed by atoms with van der Waals surface area (Å²) < 4.78 is 30.7. The van der Waals surface area contributed by atoms with E-state index < -0.39 is 41.9 Å². The summed E-state index contributed by atoms with van der Waals surface area (Å²) in [6.45, 7) is -3.19. The van der Waals surface area contributed by atoms with Crippen LogP contribution in [0.25, 0.3) is 11.2 Å². The summed E-state index contributed by atoms with van der Waals surface area (Å²) in [5.74, 6) is 0.283. The Kier molecular flexibility index (Phi) is 7.50. The summed E-state index contributed by atoms with van der Waals surface area (Å²) in [6.07, 6.45) is -2.00. The van der Waals surface area contributed by atoms with Crippen LogP contribution in [0.15, 0.2) is 59.7 Å². The Morgan fingerprint density at radius 3 is 2.80 bits per heavy atom. The molecule has 14 nitrogen and oxygen atoms in total. The molecule has 2 aliphatic rings. The van der Waals surface area contributed by atoms with Crippen LogP contribution in [0.2, 0.25) is 5.02 Å². The van der Waals surface area contributed by atoms with Crippen LogP contribution in [0.4, 0.5) is 5.69 Å². The Bertz CT molecular complexity index is 1720. The van der Waals surface area contributed by atoms with E-state index in [-0.39, 0.29) is 35.9 Å². The van der Waals surface area contributed by atoms with Gasteiger partial charge in [0.15, 0.2) is 11.7 Å². The van der Waals surface area contributed by atoms with Crippen LogP contribution in [0.5, 0.6) is 11.6 Å². The van der Waals surface area contributed by atoms with Crippen LogP contribution in [0.1, 0.15) is 11.8 Å². The molecule has 4 aromatic rings. The van der Waals surface area contributed by atoms with Crippen LogP contribution in [-0.2, 0) is 32.0 Å². The molecule has 17 heteroatoms. The Labute approximate surface area is 241 Å². The van der Waals surface area contributed by atoms with Crippen LogP contribution < -0.4 is 15.0 Å². The third kappa shape index (κ3) is 5.57. The van der Waals surface area contributed by atoms with Gasteiger partial charge in [-0.1, -0.05) is 35.9 Å². The number of ether oxygens (including phenoxy) is 2. The van der Waals surface area contributed by atoms with E-state index in [1.807, 2.05) is 0 Å². The Hall–Kier alpha value is -3.43. The van der Waals surface area contributed by atoms with E-state index >= 15 is 0 Å². The van der Waals surface area contributed by atoms with Crippen molar-refractivity contribution in [3.05, 3.63) is 86.0 Å². The molecule has 2 aliphatic heterocycles. The zero-order valence-corrected chi connectivity index (χ0v) is 23.3. The van der Waals surface area contributed by atoms with Crippen molar-refractivity contribution in [2.24, 2.45) is 0 Å². The molecule has 3 unspecified atom stereocenters. The number of nitro benzene ring substituents is 1. The number of halogens is 1. The summed E-state index contributed by atoms with van der Waals surface area (Å²) >= 11 is 11.7. The average molecular weight is 622 g/mol. The standard InChI is InChI=1S/C24H21ClN5O9PS/c25-15-3-1-2-4-16(15)38-40(41)36-11-17-20(39-40)19(31)23(37-17)29-12-26-18-21(29)27-24(32)28-22(18)35-10-9-13-5-7-14(8-6-13)30(33)34/h1-8,12,17,19-20,23,31H,9-11H2,(H,27,28,32)/t17-,19?,20?,23-,40?/m1/s1. The fourth-order valence-electron chi connectivity index (χ4n) is 4.50. The van der Waals surface area contributed by atoms with Crippen molar-refractivity contribution in [2.75, 3.05) is 13.2 Å². The number of nitrogens with zero attached hydrogens (tertiary/aromatic N) is 4. The molecule has 6 rings (SSSR count). The van der Waals surface area contributed by atoms with Crippen molar-refractivity contribution < 1.29 is 33.1 Å². The highest BCUT2D eigenvalue weighted by atomic mass is 35.5. The van der Waals surface area contributed by atoms with E-state index in [1.165, 1.54) is 23.0 Å². The molecular formula is C24H21ClN5O9PS. The lowest BCUT2D eigenvalue weighted by Crippen LogP contribution is -2.39. The zero-order valence-electron chi connectivity index (χ0n) is 20.9. The van der Waals surface area contributed by atoms with Gasteiger partial charge >= 0.3 is 12.4 Å². The molecule has 4 heterocycles. The highest BCUT2D eigenvalue weighted by Gasteiger charge is 2.52. The lowest BCUT2D eigenvalue weighted by molar-refractivity contribution is -0.384. The summed E-state index contributed by atoms with van der Waals surface area (Å²) in [5, 5.41) is 22.4. The van der Waals surface area contributed by atoms with E-state index in [2.05, 4.69) is 15.0 Å². The number of H-pyrrole nitrogens is 1. The smallest absolute Gasteiger partial charge is 0.381 e. The van der Waals surface area contributed by atoms with Crippen molar-refractivity contribution in [3.8, 4) is 11.6 Å². The third-order valence-electron chi connectivity index (χ3n) is 6.48. The lowest BCUT2D eigenvalue weighted by atomic mass is 10.1. The number of hydrogen-bond acceptors (Lipinski definition) is 12. The summed E-state index contributed by atoms with van der Waals surface area (Å²) in [6, 6.07) is 12.8. The second-order valence-corrected chi connectivity index (χ2v) is 12.4. The van der Waals surface area contributed by atoms with Crippen molar-refractivity contribution in [2.45, 2.75) is 31.0 Å². The Morgan fingerprint density at radius 1 is 1.27 bits per heavy atom. The van der Waals surface area contributed by atoms with Gasteiger partial charge in [-0.15, -0.1) is 0 Å². The predicted molar refractivity (Wildman–Crippen MR) is 148 cm³/mol. The highest BCUT2D eigenvalue weighted by Crippen LogP contribution is 2.57. The van der Waals surface area contributed by atoms with E-state index in [0.29, 0.717) is 17.2 Å². The monoisotopic (exact) mass is 621 g/mol. The average Bonchev–Trinajstić information content (AvgIpc) is 3.50. The van der Waals surface area contributed by atoms with Crippen LogP contribution in [-0.4, -0.2) is 61.1 Å². The summed E-state index contributed by atoms with van der Waals surface area (Å²) in [5.41, 5.74) is 0.542. The number of non-ortho nitro benzene ring substituents is 1. The largest absolute Gasteiger partial charge is 0.476 e. The second kappa shape index (κ2) is 11.1. The molecule has 0 bridgehead atoms. The Morgan fingerprint density at radius 2 is 2.05 bits per heavy atom. The molecule has 0 aliphatic carbocycles. The maximum Gasteiger partial charge on any atom is 0.381 e. The number of aromatic amines is 1. The topological polar surface area (TPSA) is 173 Å². The van der Waals surface area contributed by atoms with Gasteiger partial charge in [-0.05, 0) is 17.7 Å². The molecule has 2 saturated heterocycles. The maximum absolute atomic E-state index is 12.4. The Balaban J connectivity index is 1.18. The molecule has 5 atom stereocenters. The number of rotatable bonds is 8. The van der Waals surface area contributed by atoms with E-state index in [1.54, 1.807) is 36.4 Å². The van der Waals surface area contributed by atoms with E-state index in [0.717, 1.165) is 5.56 Å². The van der Waals surface area contributed by atoms with Gasteiger partial charge in [0.2, 0.25) is 5.88 Å². The van der Waals surface area contributed by atoms with Gasteiger partial charge in [-0.3, -0.25) is 28.7 Å². The molecule has 2 N–H and O–H groups in total. The van der Waals surface area contributed by atoms with Gasteiger partial charge in [0.05, 0.1) is 29.5 Å². The van der Waals surface area contributed by atoms with E-state index in [9.17, 15) is 20.0 Å². The number of fused-ring (bicyclic) bond motifs is 2. The van der Waals surface area contributed by atoms with Gasteiger partial charge in [0.25, 0.3) is 5.69 Å². The van der Waals surface area contributed by atoms with Gasteiger partial charge in [-0.2, -0.15) is 4.98 Å². The number of aliphatic hydroxyl groups excluding tert-OH is 1. The molecular weight excluding hydrogens is 601 g/mol. The van der Waals surface area contributed by atoms with Crippen LogP contribution in [0.3, 0.4) is 0 Å². The van der Waals surface area contributed by atoms with Crippen molar-refractivity contribution in [3.63, 3.8) is 0 Å². The first-order valence-electron chi connectivity index (χ1n) is 12.2.